The molecule has 2 aromatic carbocycles. The summed E-state index contributed by atoms with van der Waals surface area (Å²) in [6.45, 7) is 0.808. The smallest absolute Gasteiger partial charge is 0.328 e. The van der Waals surface area contributed by atoms with Crippen molar-refractivity contribution in [1.29, 1.82) is 0 Å². The Bertz CT molecular complexity index is 1360. The Morgan fingerprint density at radius 1 is 0.946 bits per heavy atom. The van der Waals surface area contributed by atoms with E-state index in [0.717, 1.165) is 47.8 Å². The summed E-state index contributed by atoms with van der Waals surface area (Å²) in [6, 6.07) is 15.3. The van der Waals surface area contributed by atoms with Gasteiger partial charge in [-0.2, -0.15) is 5.10 Å². The topological polar surface area (TPSA) is 64.3 Å². The number of rotatable bonds is 5. The number of allylic oxidation sites excluding steroid dienone is 1. The van der Waals surface area contributed by atoms with Crippen molar-refractivity contribution in [3.05, 3.63) is 77.0 Å². The average Bonchev–Trinajstić information content (AvgIpc) is 3.33. The van der Waals surface area contributed by atoms with Gasteiger partial charge in [0.2, 0.25) is 0 Å². The van der Waals surface area contributed by atoms with E-state index in [4.69, 9.17) is 14.9 Å². The number of hydrogen-bond donors (Lipinski definition) is 1. The van der Waals surface area contributed by atoms with Crippen LogP contribution in [0.25, 0.3) is 22.6 Å². The number of ether oxygens (including phenoxy) is 1. The van der Waals surface area contributed by atoms with E-state index in [1.165, 1.54) is 61.3 Å². The first kappa shape index (κ1) is 23.0. The minimum Gasteiger partial charge on any atom is -0.478 e. The quantitative estimate of drug-likeness (QED) is 0.385. The zero-order chi connectivity index (χ0) is 24.9. The monoisotopic (exact) mass is 494 g/mol. The van der Waals surface area contributed by atoms with E-state index in [1.54, 1.807) is 11.6 Å². The minimum absolute atomic E-state index is 0.0331. The lowest BCUT2D eigenvalue weighted by molar-refractivity contribution is -0.131. The molecule has 0 radical (unpaired) electrons. The summed E-state index contributed by atoms with van der Waals surface area (Å²) in [5, 5.41) is 14.9. The molecule has 0 spiro atoms. The third-order valence-corrected chi connectivity index (χ3v) is 9.24. The molecule has 37 heavy (non-hydrogen) atoms. The van der Waals surface area contributed by atoms with Gasteiger partial charge in [0, 0.05) is 18.1 Å². The first-order valence-electron chi connectivity index (χ1n) is 14.0. The molecule has 190 valence electrons. The lowest BCUT2D eigenvalue weighted by Crippen LogP contribution is -2.40. The Kier molecular flexibility index (Phi) is 5.77. The van der Waals surface area contributed by atoms with Crippen molar-refractivity contribution < 1.29 is 14.6 Å². The number of benzene rings is 2. The standard InChI is InChI=1S/C32H34N2O3/c35-30(36)11-6-20-4-7-23(8-5-20)31(32-25-14-21-13-22(16-25)17-26(32)15-21)24-9-10-28-27(18-24)19-33-34(28)29-3-1-2-12-37-29/h4-11,18-19,21-22,25-26,29H,1-3,12-17H2,(H,35,36). The van der Waals surface area contributed by atoms with Crippen LogP contribution < -0.4 is 0 Å². The molecule has 1 atom stereocenters. The molecule has 4 saturated carbocycles. The van der Waals surface area contributed by atoms with Crippen molar-refractivity contribution in [2.24, 2.45) is 23.7 Å². The Hall–Kier alpha value is -3.18. The Labute approximate surface area is 217 Å². The van der Waals surface area contributed by atoms with E-state index in [0.29, 0.717) is 11.8 Å². The van der Waals surface area contributed by atoms with Gasteiger partial charge >= 0.3 is 5.97 Å². The number of carboxylic acid groups (broad SMARTS) is 1. The molecule has 1 aliphatic heterocycles. The van der Waals surface area contributed by atoms with Gasteiger partial charge in [-0.15, -0.1) is 0 Å². The number of fused-ring (bicyclic) bond motifs is 1. The van der Waals surface area contributed by atoms with E-state index in [9.17, 15) is 4.79 Å². The van der Waals surface area contributed by atoms with Gasteiger partial charge in [0.15, 0.2) is 6.23 Å². The first-order chi connectivity index (χ1) is 18.1. The largest absolute Gasteiger partial charge is 0.478 e. The Morgan fingerprint density at radius 3 is 2.35 bits per heavy atom. The molecule has 3 aromatic rings. The highest BCUT2D eigenvalue weighted by molar-refractivity contribution is 5.90. The third kappa shape index (κ3) is 4.23. The number of aromatic nitrogens is 2. The molecule has 1 unspecified atom stereocenters. The average molecular weight is 495 g/mol. The van der Waals surface area contributed by atoms with Crippen LogP contribution in [-0.2, 0) is 9.53 Å². The lowest BCUT2D eigenvalue weighted by Gasteiger charge is -2.52. The number of carboxylic acids is 1. The summed E-state index contributed by atoms with van der Waals surface area (Å²) in [5.41, 5.74) is 7.61. The van der Waals surface area contributed by atoms with Gasteiger partial charge in [-0.05, 0) is 116 Å². The molecule has 1 aromatic heterocycles. The molecule has 8 rings (SSSR count). The predicted molar refractivity (Wildman–Crippen MR) is 145 cm³/mol. The zero-order valence-corrected chi connectivity index (χ0v) is 21.2. The van der Waals surface area contributed by atoms with Gasteiger partial charge in [0.05, 0.1) is 11.7 Å². The number of carbonyl (C=O) groups is 1. The predicted octanol–water partition coefficient (Wildman–Crippen LogP) is 7.09. The van der Waals surface area contributed by atoms with Gasteiger partial charge in [-0.3, -0.25) is 0 Å². The summed E-state index contributed by atoms with van der Waals surface area (Å²) < 4.78 is 8.10. The molecule has 5 aliphatic rings. The normalized spacial score (nSPS) is 28.9. The maximum atomic E-state index is 11.0. The fourth-order valence-corrected chi connectivity index (χ4v) is 7.88. The van der Waals surface area contributed by atoms with E-state index in [1.807, 2.05) is 18.3 Å². The van der Waals surface area contributed by atoms with Crippen LogP contribution in [-0.4, -0.2) is 27.5 Å². The summed E-state index contributed by atoms with van der Waals surface area (Å²) in [4.78, 5) is 11.0. The number of aliphatic carboxylic acids is 1. The van der Waals surface area contributed by atoms with Gasteiger partial charge in [0.1, 0.15) is 0 Å². The van der Waals surface area contributed by atoms with E-state index in [2.05, 4.69) is 35.0 Å². The Balaban J connectivity index is 1.32. The van der Waals surface area contributed by atoms with Crippen molar-refractivity contribution in [2.45, 2.75) is 57.6 Å². The highest BCUT2D eigenvalue weighted by Crippen LogP contribution is 2.58. The van der Waals surface area contributed by atoms with E-state index >= 15 is 0 Å². The molecule has 1 saturated heterocycles. The van der Waals surface area contributed by atoms with Gasteiger partial charge < -0.3 is 9.84 Å². The molecule has 4 aliphatic carbocycles. The van der Waals surface area contributed by atoms with Crippen LogP contribution in [0.5, 0.6) is 0 Å². The van der Waals surface area contributed by atoms with Crippen LogP contribution in [0.1, 0.15) is 74.3 Å². The minimum atomic E-state index is -0.923. The van der Waals surface area contributed by atoms with Gasteiger partial charge in [0.25, 0.3) is 0 Å². The Morgan fingerprint density at radius 2 is 1.68 bits per heavy atom. The summed E-state index contributed by atoms with van der Waals surface area (Å²) in [7, 11) is 0. The van der Waals surface area contributed by atoms with Crippen molar-refractivity contribution in [3.8, 4) is 0 Å². The second kappa shape index (κ2) is 9.29. The molecule has 5 heteroatoms. The van der Waals surface area contributed by atoms with Gasteiger partial charge in [-0.1, -0.05) is 35.9 Å². The van der Waals surface area contributed by atoms with E-state index < -0.39 is 5.97 Å². The molecule has 5 nitrogen and oxygen atoms in total. The zero-order valence-electron chi connectivity index (χ0n) is 21.2. The summed E-state index contributed by atoms with van der Waals surface area (Å²) in [5.74, 6) is 2.27. The molecule has 5 fully saturated rings. The summed E-state index contributed by atoms with van der Waals surface area (Å²) in [6.07, 6.45) is 15.0. The second-order valence-electron chi connectivity index (χ2n) is 11.6. The third-order valence-electron chi connectivity index (χ3n) is 9.24. The SMILES string of the molecule is O=C(O)C=Cc1ccc(C(=C2C3CC4CC(C3)CC2C4)c2ccc3c(cnn3C3CCCCO3)c2)cc1. The maximum absolute atomic E-state index is 11.0. The van der Waals surface area contributed by atoms with Crippen LogP contribution in [0.2, 0.25) is 0 Å². The van der Waals surface area contributed by atoms with Crippen LogP contribution in [0, 0.1) is 23.7 Å². The van der Waals surface area contributed by atoms with E-state index in [-0.39, 0.29) is 6.23 Å². The van der Waals surface area contributed by atoms with Crippen LogP contribution in [0.15, 0.2) is 60.3 Å². The van der Waals surface area contributed by atoms with Crippen LogP contribution in [0.3, 0.4) is 0 Å². The molecular weight excluding hydrogens is 460 g/mol. The molecule has 2 heterocycles. The highest BCUT2D eigenvalue weighted by atomic mass is 16.5. The fraction of sp³-hybridized carbons (Fsp3) is 0.438. The molecule has 4 bridgehead atoms. The molecule has 1 N–H and O–H groups in total. The molecule has 0 amide bonds. The van der Waals surface area contributed by atoms with Crippen LogP contribution >= 0.6 is 0 Å². The molecular formula is C32H34N2O3. The van der Waals surface area contributed by atoms with Gasteiger partial charge in [-0.25, -0.2) is 9.48 Å². The van der Waals surface area contributed by atoms with Crippen molar-refractivity contribution in [3.63, 3.8) is 0 Å². The number of nitrogens with zero attached hydrogens (tertiary/aromatic N) is 2. The highest BCUT2D eigenvalue weighted by Gasteiger charge is 2.46. The summed E-state index contributed by atoms with van der Waals surface area (Å²) >= 11 is 0. The fourth-order valence-electron chi connectivity index (χ4n) is 7.88. The van der Waals surface area contributed by atoms with Crippen molar-refractivity contribution in [2.75, 3.05) is 6.61 Å². The lowest BCUT2D eigenvalue weighted by atomic mass is 9.53. The van der Waals surface area contributed by atoms with Crippen LogP contribution in [0.4, 0.5) is 0 Å². The van der Waals surface area contributed by atoms with Crippen molar-refractivity contribution in [1.82, 2.24) is 9.78 Å². The first-order valence-corrected chi connectivity index (χ1v) is 14.0. The maximum Gasteiger partial charge on any atom is 0.328 e. The number of hydrogen-bond acceptors (Lipinski definition) is 3. The second-order valence-corrected chi connectivity index (χ2v) is 11.6. The van der Waals surface area contributed by atoms with Crippen molar-refractivity contribution >= 4 is 28.5 Å².